The molecule has 1 N–H and O–H groups in total. The molecule has 18 heavy (non-hydrogen) atoms. The zero-order valence-corrected chi connectivity index (χ0v) is 11.3. The van der Waals surface area contributed by atoms with E-state index in [1.807, 2.05) is 12.1 Å². The molecule has 2 rings (SSSR count). The van der Waals surface area contributed by atoms with Gasteiger partial charge in [-0.15, -0.1) is 0 Å². The molecular formula is C15H23NO2. The van der Waals surface area contributed by atoms with E-state index in [9.17, 15) is 0 Å². The van der Waals surface area contributed by atoms with Crippen LogP contribution in [-0.2, 0) is 4.84 Å². The van der Waals surface area contributed by atoms with Crippen LogP contribution in [0.4, 0.5) is 0 Å². The molecule has 1 atom stereocenters. The number of rotatable bonds is 6. The molecule has 1 aliphatic rings. The molecule has 3 nitrogen and oxygen atoms in total. The minimum atomic E-state index is 0.261. The van der Waals surface area contributed by atoms with Gasteiger partial charge >= 0.3 is 0 Å². The van der Waals surface area contributed by atoms with Crippen LogP contribution in [-0.4, -0.2) is 13.2 Å². The molecule has 0 aromatic heterocycles. The molecule has 0 amide bonds. The van der Waals surface area contributed by atoms with E-state index in [2.05, 4.69) is 24.5 Å². The molecule has 1 fully saturated rings. The standard InChI is InChI=1S/C15H23NO2/c1-3-15(16-18-14-6-4-5-7-14)12-8-10-13(17-2)11-9-12/h8-11,14-16H,3-7H2,1-2H3. The van der Waals surface area contributed by atoms with Crippen molar-refractivity contribution in [2.24, 2.45) is 0 Å². The Hall–Kier alpha value is -1.06. The molecule has 1 unspecified atom stereocenters. The Balaban J connectivity index is 1.89. The average Bonchev–Trinajstić information content (AvgIpc) is 2.93. The molecule has 0 bridgehead atoms. The monoisotopic (exact) mass is 249 g/mol. The van der Waals surface area contributed by atoms with Gasteiger partial charge in [-0.05, 0) is 37.0 Å². The summed E-state index contributed by atoms with van der Waals surface area (Å²) in [4.78, 5) is 5.79. The first-order chi connectivity index (χ1) is 8.83. The molecule has 0 spiro atoms. The van der Waals surface area contributed by atoms with E-state index in [-0.39, 0.29) is 6.04 Å². The quantitative estimate of drug-likeness (QED) is 0.781. The Morgan fingerprint density at radius 3 is 2.44 bits per heavy atom. The van der Waals surface area contributed by atoms with Crippen molar-refractivity contribution in [3.63, 3.8) is 0 Å². The predicted octanol–water partition coefficient (Wildman–Crippen LogP) is 3.61. The normalized spacial score (nSPS) is 17.9. The summed E-state index contributed by atoms with van der Waals surface area (Å²) in [5, 5.41) is 0. The third-order valence-electron chi connectivity index (χ3n) is 3.61. The van der Waals surface area contributed by atoms with Crippen molar-refractivity contribution in [1.29, 1.82) is 0 Å². The van der Waals surface area contributed by atoms with Crippen LogP contribution in [0.1, 0.15) is 50.6 Å². The molecule has 1 aromatic carbocycles. The van der Waals surface area contributed by atoms with E-state index < -0.39 is 0 Å². The van der Waals surface area contributed by atoms with Gasteiger partial charge in [0, 0.05) is 0 Å². The Morgan fingerprint density at radius 1 is 1.22 bits per heavy atom. The Morgan fingerprint density at radius 2 is 1.89 bits per heavy atom. The zero-order valence-electron chi connectivity index (χ0n) is 11.3. The van der Waals surface area contributed by atoms with E-state index in [1.54, 1.807) is 7.11 Å². The molecule has 0 radical (unpaired) electrons. The first-order valence-corrected chi connectivity index (χ1v) is 6.88. The summed E-state index contributed by atoms with van der Waals surface area (Å²) in [5.41, 5.74) is 4.47. The second-order valence-electron chi connectivity index (χ2n) is 4.88. The molecule has 1 aliphatic carbocycles. The first-order valence-electron chi connectivity index (χ1n) is 6.88. The molecular weight excluding hydrogens is 226 g/mol. The maximum absolute atomic E-state index is 5.79. The summed E-state index contributed by atoms with van der Waals surface area (Å²) >= 11 is 0. The van der Waals surface area contributed by atoms with Gasteiger partial charge in [0.15, 0.2) is 0 Å². The third-order valence-corrected chi connectivity index (χ3v) is 3.61. The second kappa shape index (κ2) is 6.76. The summed E-state index contributed by atoms with van der Waals surface area (Å²) < 4.78 is 5.17. The van der Waals surface area contributed by atoms with Crippen molar-refractivity contribution in [1.82, 2.24) is 5.48 Å². The minimum absolute atomic E-state index is 0.261. The lowest BCUT2D eigenvalue weighted by Crippen LogP contribution is -2.26. The highest BCUT2D eigenvalue weighted by Crippen LogP contribution is 2.23. The number of ether oxygens (including phenoxy) is 1. The van der Waals surface area contributed by atoms with E-state index in [0.29, 0.717) is 6.10 Å². The number of hydroxylamine groups is 1. The van der Waals surface area contributed by atoms with E-state index >= 15 is 0 Å². The fourth-order valence-electron chi connectivity index (χ4n) is 2.41. The van der Waals surface area contributed by atoms with Crippen molar-refractivity contribution in [2.45, 2.75) is 51.2 Å². The van der Waals surface area contributed by atoms with Gasteiger partial charge < -0.3 is 4.74 Å². The van der Waals surface area contributed by atoms with Gasteiger partial charge in [0.25, 0.3) is 0 Å². The highest BCUT2D eigenvalue weighted by molar-refractivity contribution is 5.28. The Labute approximate surface area is 109 Å². The van der Waals surface area contributed by atoms with Crippen LogP contribution >= 0.6 is 0 Å². The Bertz CT molecular complexity index is 344. The number of methoxy groups -OCH3 is 1. The van der Waals surface area contributed by atoms with Crippen LogP contribution in [0.25, 0.3) is 0 Å². The molecule has 1 aromatic rings. The number of nitrogens with one attached hydrogen (secondary N) is 1. The van der Waals surface area contributed by atoms with Crippen LogP contribution < -0.4 is 10.2 Å². The lowest BCUT2D eigenvalue weighted by molar-refractivity contribution is -0.0415. The van der Waals surface area contributed by atoms with Gasteiger partial charge in [0.05, 0.1) is 19.3 Å². The van der Waals surface area contributed by atoms with Crippen LogP contribution in [0, 0.1) is 0 Å². The van der Waals surface area contributed by atoms with Crippen LogP contribution in [0.2, 0.25) is 0 Å². The summed E-state index contributed by atoms with van der Waals surface area (Å²) in [6.45, 7) is 2.17. The molecule has 0 heterocycles. The SMILES string of the molecule is CCC(NOC1CCCC1)c1ccc(OC)cc1. The molecule has 100 valence electrons. The number of hydrogen-bond donors (Lipinski definition) is 1. The van der Waals surface area contributed by atoms with Gasteiger partial charge in [-0.2, -0.15) is 5.48 Å². The smallest absolute Gasteiger partial charge is 0.118 e. The van der Waals surface area contributed by atoms with Gasteiger partial charge in [-0.25, -0.2) is 0 Å². The third kappa shape index (κ3) is 3.47. The van der Waals surface area contributed by atoms with Crippen molar-refractivity contribution < 1.29 is 9.57 Å². The minimum Gasteiger partial charge on any atom is -0.497 e. The van der Waals surface area contributed by atoms with Crippen LogP contribution in [0.3, 0.4) is 0 Å². The highest BCUT2D eigenvalue weighted by atomic mass is 16.7. The fraction of sp³-hybridized carbons (Fsp3) is 0.600. The molecule has 1 saturated carbocycles. The fourth-order valence-corrected chi connectivity index (χ4v) is 2.41. The Kier molecular flexibility index (Phi) is 5.02. The summed E-state index contributed by atoms with van der Waals surface area (Å²) in [6, 6.07) is 8.44. The second-order valence-corrected chi connectivity index (χ2v) is 4.88. The van der Waals surface area contributed by atoms with E-state index in [1.165, 1.54) is 31.2 Å². The van der Waals surface area contributed by atoms with Crippen molar-refractivity contribution in [2.75, 3.05) is 7.11 Å². The number of benzene rings is 1. The maximum Gasteiger partial charge on any atom is 0.118 e. The van der Waals surface area contributed by atoms with Gasteiger partial charge in [-0.3, -0.25) is 4.84 Å². The lowest BCUT2D eigenvalue weighted by atomic mass is 10.1. The van der Waals surface area contributed by atoms with E-state index in [4.69, 9.17) is 9.57 Å². The molecule has 0 saturated heterocycles. The summed E-state index contributed by atoms with van der Waals surface area (Å²) in [7, 11) is 1.69. The van der Waals surface area contributed by atoms with Crippen molar-refractivity contribution in [3.8, 4) is 5.75 Å². The highest BCUT2D eigenvalue weighted by Gasteiger charge is 2.17. The van der Waals surface area contributed by atoms with Crippen LogP contribution in [0.15, 0.2) is 24.3 Å². The zero-order chi connectivity index (χ0) is 12.8. The molecule has 0 aliphatic heterocycles. The largest absolute Gasteiger partial charge is 0.497 e. The van der Waals surface area contributed by atoms with Gasteiger partial charge in [0.2, 0.25) is 0 Å². The van der Waals surface area contributed by atoms with E-state index in [0.717, 1.165) is 12.2 Å². The van der Waals surface area contributed by atoms with Crippen molar-refractivity contribution >= 4 is 0 Å². The van der Waals surface area contributed by atoms with Crippen LogP contribution in [0.5, 0.6) is 5.75 Å². The summed E-state index contributed by atoms with van der Waals surface area (Å²) in [6.07, 6.45) is 6.38. The summed E-state index contributed by atoms with van der Waals surface area (Å²) in [5.74, 6) is 0.894. The maximum atomic E-state index is 5.79. The first kappa shape index (κ1) is 13.4. The van der Waals surface area contributed by atoms with Gasteiger partial charge in [0.1, 0.15) is 5.75 Å². The topological polar surface area (TPSA) is 30.5 Å². The lowest BCUT2D eigenvalue weighted by Gasteiger charge is -2.20. The van der Waals surface area contributed by atoms with Gasteiger partial charge in [-0.1, -0.05) is 31.9 Å². The average molecular weight is 249 g/mol. The predicted molar refractivity (Wildman–Crippen MR) is 72.5 cm³/mol. The molecule has 3 heteroatoms. The number of hydrogen-bond acceptors (Lipinski definition) is 3. The van der Waals surface area contributed by atoms with Crippen molar-refractivity contribution in [3.05, 3.63) is 29.8 Å².